The Bertz CT molecular complexity index is 3610. The van der Waals surface area contributed by atoms with E-state index in [1.807, 2.05) is 60.7 Å². The molecular formula is C67H85N5O23S2. The number of aliphatic hydroxyl groups excluding tert-OH is 2. The van der Waals surface area contributed by atoms with Crippen molar-refractivity contribution in [3.8, 4) is 17.2 Å². The molecule has 4 aliphatic rings. The molecule has 9 rings (SSSR count). The highest BCUT2D eigenvalue weighted by molar-refractivity contribution is 7.89. The summed E-state index contributed by atoms with van der Waals surface area (Å²) < 4.78 is 109. The molecule has 6 unspecified atom stereocenters. The van der Waals surface area contributed by atoms with Gasteiger partial charge in [0.15, 0.2) is 12.6 Å². The minimum atomic E-state index is -4.09. The van der Waals surface area contributed by atoms with Crippen molar-refractivity contribution in [2.24, 2.45) is 11.8 Å². The van der Waals surface area contributed by atoms with E-state index in [-0.39, 0.29) is 128 Å². The SMILES string of the molecule is COc1ccc(S(=O)(=O)N(CCC(C)=O)C[C@@H](O)[C@H](Cc2ccccc2)NC(=O)OC(C)(C)C)cc1.COc1ccc(S(=O)(=O)N(CCC(C)=O)C[C@@H](O)[C@H](Cc2ccccc2)NC(=O)OC2COC3OCCC23)cc1.O=C(Oc1ccc([N+](=O)[O-])cc1)OC1COC2OCCC12. The van der Waals surface area contributed by atoms with Crippen LogP contribution < -0.4 is 24.8 Å². The van der Waals surface area contributed by atoms with Crippen LogP contribution >= 0.6 is 0 Å². The molecule has 0 bridgehead atoms. The molecule has 0 aromatic heterocycles. The van der Waals surface area contributed by atoms with Gasteiger partial charge in [-0.05, 0) is 132 Å². The molecule has 28 nitrogen and oxygen atoms in total. The maximum absolute atomic E-state index is 13.5. The van der Waals surface area contributed by atoms with Crippen molar-refractivity contribution in [2.75, 3.05) is 66.8 Å². The second-order valence-corrected chi connectivity index (χ2v) is 28.1. The Labute approximate surface area is 563 Å². The van der Waals surface area contributed by atoms with Crippen LogP contribution in [0.4, 0.5) is 20.1 Å². The summed E-state index contributed by atoms with van der Waals surface area (Å²) in [5.41, 5.74) is 0.836. The van der Waals surface area contributed by atoms with Crippen molar-refractivity contribution < 1.29 is 103 Å². The molecule has 30 heteroatoms. The minimum absolute atomic E-state index is 0.00115. The van der Waals surface area contributed by atoms with Gasteiger partial charge in [-0.2, -0.15) is 8.61 Å². The molecule has 10 atom stereocenters. The lowest BCUT2D eigenvalue weighted by molar-refractivity contribution is -0.384. The van der Waals surface area contributed by atoms with Crippen molar-refractivity contribution in [3.05, 3.63) is 155 Å². The fourth-order valence-electron chi connectivity index (χ4n) is 10.7. The van der Waals surface area contributed by atoms with Crippen LogP contribution in [0.15, 0.2) is 143 Å². The minimum Gasteiger partial charge on any atom is -0.497 e. The molecule has 0 radical (unpaired) electrons. The molecule has 2 amide bonds. The number of ketones is 2. The van der Waals surface area contributed by atoms with Crippen molar-refractivity contribution in [2.45, 2.75) is 138 Å². The first-order chi connectivity index (χ1) is 46.1. The predicted molar refractivity (Wildman–Crippen MR) is 348 cm³/mol. The first-order valence-electron chi connectivity index (χ1n) is 31.4. The predicted octanol–water partition coefficient (Wildman–Crippen LogP) is 7.16. The number of ether oxygens (including phenoxy) is 10. The monoisotopic (exact) mass is 1390 g/mol. The van der Waals surface area contributed by atoms with Crippen LogP contribution in [0.3, 0.4) is 0 Å². The lowest BCUT2D eigenvalue weighted by Crippen LogP contribution is -2.51. The number of nitrogens with one attached hydrogen (secondary N) is 2. The number of rotatable bonds is 28. The molecule has 4 aliphatic heterocycles. The summed E-state index contributed by atoms with van der Waals surface area (Å²) in [6.45, 7) is 8.58. The third-order valence-electron chi connectivity index (χ3n) is 15.9. The second kappa shape index (κ2) is 35.9. The quantitative estimate of drug-likeness (QED) is 0.0127. The maximum Gasteiger partial charge on any atom is 0.514 e. The van der Waals surface area contributed by atoms with E-state index in [0.717, 1.165) is 26.2 Å². The average Bonchev–Trinajstić information content (AvgIpc) is 1.83. The van der Waals surface area contributed by atoms with Gasteiger partial charge in [0.25, 0.3) is 5.69 Å². The average molecular weight is 1390 g/mol. The lowest BCUT2D eigenvalue weighted by atomic mass is 10.0. The van der Waals surface area contributed by atoms with Crippen molar-refractivity contribution in [1.82, 2.24) is 19.2 Å². The highest BCUT2D eigenvalue weighted by atomic mass is 32.2. The summed E-state index contributed by atoms with van der Waals surface area (Å²) in [5, 5.41) is 38.4. The van der Waals surface area contributed by atoms with E-state index >= 15 is 0 Å². The fraction of sp³-hybridized carbons (Fsp3) is 0.478. The number of amides is 2. The summed E-state index contributed by atoms with van der Waals surface area (Å²) in [5.74, 6) is 0.766. The standard InChI is InChI=1S/C28H36N2O9S.C26H36N2O7S.C13H13NO7/c1-19(31)12-14-30(40(34,35)22-10-8-21(36-2)9-11-22)17-25(32)24(16-20-6-4-3-5-7-20)29-28(33)39-26-18-38-27-23(26)13-15-37-27;1-19(29)15-16-28(36(32,33)22-13-11-21(34-5)12-14-22)18-24(30)23(17-20-9-7-6-8-10-20)27-25(31)35-26(2,3)4;15-13(20-9-3-1-8(2-4-9)14(16)17)21-11-7-19-12-10(11)5-6-18-12/h3-11,23-27,32H,12-18H2,1-2H3,(H,29,33);6-14,23-24,30H,15-18H2,1-5H3,(H,27,31);1-4,10-12H,5-7H2/t23?,24-,25+,26?,27?;23-,24+;/m00./s1. The van der Waals surface area contributed by atoms with Crippen molar-refractivity contribution >= 4 is 55.6 Å². The van der Waals surface area contributed by atoms with Crippen LogP contribution in [0.2, 0.25) is 0 Å². The highest BCUT2D eigenvalue weighted by Gasteiger charge is 2.46. The van der Waals surface area contributed by atoms with Crippen LogP contribution in [-0.4, -0.2) is 192 Å². The van der Waals surface area contributed by atoms with Crippen LogP contribution in [0.5, 0.6) is 17.2 Å². The van der Waals surface area contributed by atoms with Crippen LogP contribution in [-0.2, 0) is 75.6 Å². The van der Waals surface area contributed by atoms with Gasteiger partial charge in [-0.1, -0.05) is 60.7 Å². The number of fused-ring (bicyclic) bond motifs is 2. The van der Waals surface area contributed by atoms with Crippen LogP contribution in [0, 0.1) is 22.0 Å². The Morgan fingerprint density at radius 3 is 1.38 bits per heavy atom. The number of nitrogens with zero attached hydrogens (tertiary/aromatic N) is 3. The van der Waals surface area contributed by atoms with E-state index in [4.69, 9.17) is 47.4 Å². The Hall–Kier alpha value is -8.17. The number of non-ortho nitro benzene ring substituents is 1. The van der Waals surface area contributed by atoms with Crippen LogP contribution in [0.1, 0.15) is 71.4 Å². The lowest BCUT2D eigenvalue weighted by Gasteiger charge is -2.30. The van der Waals surface area contributed by atoms with E-state index in [0.29, 0.717) is 31.1 Å². The summed E-state index contributed by atoms with van der Waals surface area (Å²) in [7, 11) is -5.20. The number of nitro groups is 1. The van der Waals surface area contributed by atoms with Crippen molar-refractivity contribution in [1.29, 1.82) is 0 Å². The molecule has 0 spiro atoms. The first-order valence-corrected chi connectivity index (χ1v) is 34.3. The molecule has 0 aliphatic carbocycles. The highest BCUT2D eigenvalue weighted by Crippen LogP contribution is 2.35. The van der Waals surface area contributed by atoms with Gasteiger partial charge in [-0.25, -0.2) is 31.2 Å². The van der Waals surface area contributed by atoms with E-state index in [1.54, 1.807) is 20.8 Å². The number of Topliss-reactive ketones (excluding diaryl/α,β-unsaturated/α-hetero) is 2. The Balaban J connectivity index is 0.000000214. The molecule has 5 aromatic carbocycles. The number of nitro benzene ring substituents is 1. The summed E-state index contributed by atoms with van der Waals surface area (Å²) in [6.07, 6.45) is -4.61. The molecule has 4 N–H and O–H groups in total. The molecule has 5 aromatic rings. The number of hydrogen-bond acceptors (Lipinski definition) is 23. The van der Waals surface area contributed by atoms with Crippen molar-refractivity contribution in [3.63, 3.8) is 0 Å². The third-order valence-corrected chi connectivity index (χ3v) is 19.6. The third kappa shape index (κ3) is 23.2. The largest absolute Gasteiger partial charge is 0.514 e. The van der Waals surface area contributed by atoms with E-state index in [1.165, 1.54) is 101 Å². The van der Waals surface area contributed by atoms with Crippen LogP contribution in [0.25, 0.3) is 0 Å². The maximum atomic E-state index is 13.5. The number of carbonyl (C=O) groups is 5. The summed E-state index contributed by atoms with van der Waals surface area (Å²) in [4.78, 5) is 70.5. The zero-order valence-corrected chi connectivity index (χ0v) is 56.6. The topological polar surface area (TPSA) is 360 Å². The number of hydrogen-bond donors (Lipinski definition) is 4. The fourth-order valence-corrected chi connectivity index (χ4v) is 13.6. The molecule has 528 valence electrons. The van der Waals surface area contributed by atoms with E-state index in [9.17, 15) is 61.1 Å². The second-order valence-electron chi connectivity index (χ2n) is 24.3. The number of carbonyl (C=O) groups excluding carboxylic acids is 5. The first kappa shape index (κ1) is 76.2. The summed E-state index contributed by atoms with van der Waals surface area (Å²) in [6, 6.07) is 33.6. The number of aliphatic hydroxyl groups is 2. The van der Waals surface area contributed by atoms with Gasteiger partial charge in [0.05, 0.1) is 91.5 Å². The van der Waals surface area contributed by atoms with Gasteiger partial charge >= 0.3 is 18.3 Å². The summed E-state index contributed by atoms with van der Waals surface area (Å²) >= 11 is 0. The van der Waals surface area contributed by atoms with Gasteiger partial charge in [-0.15, -0.1) is 0 Å². The zero-order chi connectivity index (χ0) is 70.5. The Morgan fingerprint density at radius 2 is 0.990 bits per heavy atom. The molecule has 4 fully saturated rings. The zero-order valence-electron chi connectivity index (χ0n) is 55.0. The number of alkyl carbamates (subject to hydrolysis) is 2. The van der Waals surface area contributed by atoms with Gasteiger partial charge in [0.1, 0.15) is 46.6 Å². The smallest absolute Gasteiger partial charge is 0.497 e. The Morgan fingerprint density at radius 1 is 0.588 bits per heavy atom. The molecule has 0 saturated carbocycles. The van der Waals surface area contributed by atoms with Gasteiger partial charge in [-0.3, -0.25) is 19.7 Å². The van der Waals surface area contributed by atoms with Gasteiger partial charge < -0.3 is 68.2 Å². The number of methoxy groups -OCH3 is 2. The van der Waals surface area contributed by atoms with Gasteiger partial charge in [0.2, 0.25) is 20.0 Å². The molecule has 97 heavy (non-hydrogen) atoms. The number of benzene rings is 5. The van der Waals surface area contributed by atoms with Gasteiger partial charge in [0, 0.05) is 51.2 Å². The normalized spacial score (nSPS) is 20.0. The molecule has 4 saturated heterocycles. The number of sulfonamides is 2. The van der Waals surface area contributed by atoms with E-state index < -0.39 is 79.3 Å². The molecular weight excluding hydrogens is 1310 g/mol. The Kier molecular flexibility index (Phi) is 28.2. The molecule has 4 heterocycles. The van der Waals surface area contributed by atoms with E-state index in [2.05, 4.69) is 10.6 Å².